The van der Waals surface area contributed by atoms with Crippen LogP contribution in [0.25, 0.3) is 0 Å². The van der Waals surface area contributed by atoms with Gasteiger partial charge in [0.1, 0.15) is 12.4 Å². The maximum Gasteiger partial charge on any atom is 0.283 e. The highest BCUT2D eigenvalue weighted by molar-refractivity contribution is 9.10. The van der Waals surface area contributed by atoms with Gasteiger partial charge in [-0.05, 0) is 45.8 Å². The van der Waals surface area contributed by atoms with Gasteiger partial charge in [0.25, 0.3) is 5.69 Å². The summed E-state index contributed by atoms with van der Waals surface area (Å²) in [5, 5.41) is 11.3. The van der Waals surface area contributed by atoms with Crippen LogP contribution in [0.5, 0.6) is 5.75 Å². The summed E-state index contributed by atoms with van der Waals surface area (Å²) in [7, 11) is 0. The fourth-order valence-electron chi connectivity index (χ4n) is 1.54. The van der Waals surface area contributed by atoms with Gasteiger partial charge in [-0.2, -0.15) is 0 Å². The van der Waals surface area contributed by atoms with Crippen molar-refractivity contribution in [2.45, 2.75) is 6.61 Å². The van der Waals surface area contributed by atoms with E-state index in [9.17, 15) is 10.1 Å². The van der Waals surface area contributed by atoms with E-state index in [-0.39, 0.29) is 12.3 Å². The van der Waals surface area contributed by atoms with Crippen LogP contribution in [-0.2, 0) is 6.61 Å². The number of halogens is 3. The molecule has 0 atom stereocenters. The topological polar surface area (TPSA) is 52.4 Å². The summed E-state index contributed by atoms with van der Waals surface area (Å²) in [6.45, 7) is 0.199. The minimum atomic E-state index is -0.445. The highest BCUT2D eigenvalue weighted by atomic mass is 79.9. The van der Waals surface area contributed by atoms with Crippen LogP contribution in [0.15, 0.2) is 45.3 Å². The molecule has 0 aliphatic carbocycles. The van der Waals surface area contributed by atoms with Crippen LogP contribution in [0, 0.1) is 10.1 Å². The summed E-state index contributed by atoms with van der Waals surface area (Å²) in [5.41, 5.74) is 0.697. The van der Waals surface area contributed by atoms with Crippen LogP contribution in [0.2, 0.25) is 5.02 Å². The van der Waals surface area contributed by atoms with Crippen molar-refractivity contribution < 1.29 is 9.66 Å². The van der Waals surface area contributed by atoms with Crippen LogP contribution in [0.3, 0.4) is 0 Å². The Kier molecular flexibility index (Phi) is 5.01. The molecule has 0 N–H and O–H groups in total. The van der Waals surface area contributed by atoms with Crippen molar-refractivity contribution in [3.63, 3.8) is 0 Å². The zero-order valence-corrected chi connectivity index (χ0v) is 13.9. The van der Waals surface area contributed by atoms with Gasteiger partial charge < -0.3 is 4.74 Å². The van der Waals surface area contributed by atoms with Crippen molar-refractivity contribution in [1.29, 1.82) is 0 Å². The third kappa shape index (κ3) is 3.71. The molecule has 0 aliphatic rings. The van der Waals surface area contributed by atoms with Crippen molar-refractivity contribution in [3.05, 3.63) is 66.0 Å². The average Bonchev–Trinajstić information content (AvgIpc) is 2.41. The fraction of sp³-hybridized carbons (Fsp3) is 0.0769. The molecule has 0 saturated heterocycles. The molecule has 0 bridgehead atoms. The Bertz CT molecular complexity index is 664. The number of nitro groups is 1. The van der Waals surface area contributed by atoms with E-state index in [1.165, 1.54) is 6.07 Å². The van der Waals surface area contributed by atoms with Crippen molar-refractivity contribution in [2.24, 2.45) is 0 Å². The second-order valence-electron chi connectivity index (χ2n) is 3.91. The van der Waals surface area contributed by atoms with Gasteiger partial charge in [-0.15, -0.1) is 0 Å². The Hall–Kier alpha value is -1.11. The van der Waals surface area contributed by atoms with Gasteiger partial charge in [-0.3, -0.25) is 10.1 Å². The van der Waals surface area contributed by atoms with Gasteiger partial charge >= 0.3 is 0 Å². The smallest absolute Gasteiger partial charge is 0.283 e. The molecule has 0 heterocycles. The van der Waals surface area contributed by atoms with Gasteiger partial charge in [0.05, 0.1) is 14.4 Å². The van der Waals surface area contributed by atoms with Crippen molar-refractivity contribution in [3.8, 4) is 5.75 Å². The van der Waals surface area contributed by atoms with Crippen LogP contribution < -0.4 is 4.74 Å². The number of benzene rings is 2. The second-order valence-corrected chi connectivity index (χ2v) is 6.08. The molecule has 0 aromatic heterocycles. The molecule has 2 aromatic carbocycles. The quantitative estimate of drug-likeness (QED) is 0.494. The van der Waals surface area contributed by atoms with Crippen LogP contribution >= 0.6 is 43.5 Å². The van der Waals surface area contributed by atoms with E-state index >= 15 is 0 Å². The molecule has 0 fully saturated rings. The highest BCUT2D eigenvalue weighted by Crippen LogP contribution is 2.30. The largest absolute Gasteiger partial charge is 0.487 e. The molecular formula is C13H8Br2ClNO3. The maximum absolute atomic E-state index is 10.9. The fourth-order valence-corrected chi connectivity index (χ4v) is 2.44. The average molecular weight is 421 g/mol. The Morgan fingerprint density at radius 2 is 1.95 bits per heavy atom. The summed E-state index contributed by atoms with van der Waals surface area (Å²) in [4.78, 5) is 10.4. The van der Waals surface area contributed by atoms with Crippen LogP contribution in [0.1, 0.15) is 5.56 Å². The minimum Gasteiger partial charge on any atom is -0.487 e. The summed E-state index contributed by atoms with van der Waals surface area (Å²) in [6, 6.07) is 10.1. The molecule has 0 unspecified atom stereocenters. The molecule has 0 amide bonds. The maximum atomic E-state index is 10.9. The second kappa shape index (κ2) is 6.56. The Morgan fingerprint density at radius 1 is 1.20 bits per heavy atom. The Labute approximate surface area is 137 Å². The van der Waals surface area contributed by atoms with Gasteiger partial charge in [0.15, 0.2) is 0 Å². The van der Waals surface area contributed by atoms with E-state index in [4.69, 9.17) is 16.3 Å². The number of ether oxygens (including phenoxy) is 1. The third-order valence-electron chi connectivity index (χ3n) is 2.49. The van der Waals surface area contributed by atoms with E-state index < -0.39 is 4.92 Å². The predicted octanol–water partition coefficient (Wildman–Crippen LogP) is 5.35. The summed E-state index contributed by atoms with van der Waals surface area (Å²) in [5.74, 6) is 0.520. The number of nitrogens with zero attached hydrogens (tertiary/aromatic N) is 1. The van der Waals surface area contributed by atoms with E-state index in [2.05, 4.69) is 31.9 Å². The zero-order chi connectivity index (χ0) is 14.7. The SMILES string of the molecule is O=[N+]([O-])c1cc(COc2cc(Br)ccc2Cl)ccc1Br. The Morgan fingerprint density at radius 3 is 2.65 bits per heavy atom. The first kappa shape index (κ1) is 15.3. The number of hydrogen-bond donors (Lipinski definition) is 0. The van der Waals surface area contributed by atoms with Crippen molar-refractivity contribution in [1.82, 2.24) is 0 Å². The lowest BCUT2D eigenvalue weighted by molar-refractivity contribution is -0.385. The van der Waals surface area contributed by atoms with Gasteiger partial charge in [-0.1, -0.05) is 33.6 Å². The molecular weight excluding hydrogens is 413 g/mol. The summed E-state index contributed by atoms with van der Waals surface area (Å²) >= 11 is 12.5. The molecule has 20 heavy (non-hydrogen) atoms. The van der Waals surface area contributed by atoms with Gasteiger partial charge in [0.2, 0.25) is 0 Å². The van der Waals surface area contributed by atoms with E-state index in [0.717, 1.165) is 4.47 Å². The van der Waals surface area contributed by atoms with E-state index in [1.54, 1.807) is 30.3 Å². The number of nitro benzene ring substituents is 1. The molecule has 4 nitrogen and oxygen atoms in total. The number of rotatable bonds is 4. The van der Waals surface area contributed by atoms with E-state index in [1.807, 2.05) is 0 Å². The zero-order valence-electron chi connectivity index (χ0n) is 9.98. The third-order valence-corrected chi connectivity index (χ3v) is 3.97. The summed E-state index contributed by atoms with van der Waals surface area (Å²) < 4.78 is 6.86. The minimum absolute atomic E-state index is 0.00596. The molecule has 0 aliphatic heterocycles. The molecule has 2 aromatic rings. The lowest BCUT2D eigenvalue weighted by Gasteiger charge is -2.08. The predicted molar refractivity (Wildman–Crippen MR) is 84.3 cm³/mol. The van der Waals surface area contributed by atoms with Crippen molar-refractivity contribution in [2.75, 3.05) is 0 Å². The standard InChI is InChI=1S/C13H8Br2ClNO3/c14-9-2-4-11(16)13(6-9)20-7-8-1-3-10(15)12(5-8)17(18)19/h1-6H,7H2. The molecule has 7 heteroatoms. The molecule has 0 radical (unpaired) electrons. The molecule has 0 spiro atoms. The lowest BCUT2D eigenvalue weighted by Crippen LogP contribution is -1.98. The first-order valence-corrected chi connectivity index (χ1v) is 7.44. The van der Waals surface area contributed by atoms with E-state index in [0.29, 0.717) is 20.8 Å². The highest BCUT2D eigenvalue weighted by Gasteiger charge is 2.12. The molecule has 0 saturated carbocycles. The van der Waals surface area contributed by atoms with Gasteiger partial charge in [0, 0.05) is 10.5 Å². The first-order valence-electron chi connectivity index (χ1n) is 5.48. The molecule has 2 rings (SSSR count). The van der Waals surface area contributed by atoms with Gasteiger partial charge in [-0.25, -0.2) is 0 Å². The van der Waals surface area contributed by atoms with Crippen LogP contribution in [0.4, 0.5) is 5.69 Å². The Balaban J connectivity index is 2.17. The van der Waals surface area contributed by atoms with Crippen LogP contribution in [-0.4, -0.2) is 4.92 Å². The first-order chi connectivity index (χ1) is 9.47. The van der Waals surface area contributed by atoms with Crippen molar-refractivity contribution >= 4 is 49.1 Å². The number of hydrogen-bond acceptors (Lipinski definition) is 3. The monoisotopic (exact) mass is 419 g/mol. The molecule has 104 valence electrons. The normalized spacial score (nSPS) is 10.3. The lowest BCUT2D eigenvalue weighted by atomic mass is 10.2. The summed E-state index contributed by atoms with van der Waals surface area (Å²) in [6.07, 6.45) is 0.